The van der Waals surface area contributed by atoms with Gasteiger partial charge in [0.1, 0.15) is 0 Å². The van der Waals surface area contributed by atoms with Crippen LogP contribution < -0.4 is 10.6 Å². The molecular formula is C14H16N4O2. The van der Waals surface area contributed by atoms with Gasteiger partial charge < -0.3 is 15.4 Å². The van der Waals surface area contributed by atoms with E-state index in [4.69, 9.17) is 5.11 Å². The van der Waals surface area contributed by atoms with E-state index in [9.17, 15) is 4.79 Å². The maximum Gasteiger partial charge on any atom is 0.241 e. The van der Waals surface area contributed by atoms with E-state index in [0.717, 1.165) is 22.6 Å². The number of fused-ring (bicyclic) bond motifs is 1. The van der Waals surface area contributed by atoms with E-state index < -0.39 is 0 Å². The monoisotopic (exact) mass is 272 g/mol. The lowest BCUT2D eigenvalue weighted by atomic mass is 10.0. The number of nitrogens with zero attached hydrogens (tertiary/aromatic N) is 1. The summed E-state index contributed by atoms with van der Waals surface area (Å²) < 4.78 is 0. The largest absolute Gasteiger partial charge is 0.392 e. The zero-order chi connectivity index (χ0) is 13.9. The number of hydrogen-bond acceptors (Lipinski definition) is 4. The molecule has 1 aromatic carbocycles. The zero-order valence-electron chi connectivity index (χ0n) is 10.9. The number of carbonyl (C=O) groups is 1. The number of carbonyl (C=O) groups excluding carboxylic acids is 1. The lowest BCUT2D eigenvalue weighted by Gasteiger charge is -2.22. The van der Waals surface area contributed by atoms with Gasteiger partial charge >= 0.3 is 0 Å². The molecule has 3 rings (SSSR count). The van der Waals surface area contributed by atoms with Crippen LogP contribution >= 0.6 is 0 Å². The number of nitrogens with one attached hydrogen (secondary N) is 3. The number of amides is 1. The summed E-state index contributed by atoms with van der Waals surface area (Å²) in [5, 5.41) is 15.0. The standard InChI is InChI=1S/C14H16N4O2/c19-7-9-1-3-10(4-2-9)18-14(20)12-5-11-13(6-15-12)17-8-16-11/h1-4,8,12,15,19H,5-7H2,(H,16,17)(H,18,20). The summed E-state index contributed by atoms with van der Waals surface area (Å²) in [6.45, 7) is 0.622. The Morgan fingerprint density at radius 3 is 2.95 bits per heavy atom. The van der Waals surface area contributed by atoms with Crippen molar-refractivity contribution in [3.8, 4) is 0 Å². The fourth-order valence-electron chi connectivity index (χ4n) is 2.28. The normalized spacial score (nSPS) is 17.6. The van der Waals surface area contributed by atoms with E-state index in [-0.39, 0.29) is 18.6 Å². The molecule has 1 aromatic heterocycles. The molecular weight excluding hydrogens is 256 g/mol. The molecule has 0 saturated heterocycles. The first-order valence-corrected chi connectivity index (χ1v) is 6.51. The van der Waals surface area contributed by atoms with E-state index >= 15 is 0 Å². The van der Waals surface area contributed by atoms with Crippen LogP contribution in [0.25, 0.3) is 0 Å². The van der Waals surface area contributed by atoms with Crippen LogP contribution in [0.15, 0.2) is 30.6 Å². The van der Waals surface area contributed by atoms with Crippen LogP contribution in [0.1, 0.15) is 17.0 Å². The third kappa shape index (κ3) is 2.56. The summed E-state index contributed by atoms with van der Waals surface area (Å²) in [6, 6.07) is 6.87. The average Bonchev–Trinajstić information content (AvgIpc) is 2.95. The Bertz CT molecular complexity index is 606. The molecule has 6 nitrogen and oxygen atoms in total. The van der Waals surface area contributed by atoms with Crippen molar-refractivity contribution in [1.29, 1.82) is 0 Å². The second kappa shape index (κ2) is 5.44. The Morgan fingerprint density at radius 1 is 1.40 bits per heavy atom. The molecule has 1 amide bonds. The molecule has 4 N–H and O–H groups in total. The highest BCUT2D eigenvalue weighted by molar-refractivity contribution is 5.95. The van der Waals surface area contributed by atoms with Crippen molar-refractivity contribution >= 4 is 11.6 Å². The summed E-state index contributed by atoms with van der Waals surface area (Å²) >= 11 is 0. The topological polar surface area (TPSA) is 90.0 Å². The average molecular weight is 272 g/mol. The van der Waals surface area contributed by atoms with Gasteiger partial charge in [0.25, 0.3) is 0 Å². The Labute approximate surface area is 116 Å². The van der Waals surface area contributed by atoms with Gasteiger partial charge in [0.2, 0.25) is 5.91 Å². The van der Waals surface area contributed by atoms with Crippen molar-refractivity contribution in [2.24, 2.45) is 0 Å². The number of H-pyrrole nitrogens is 1. The van der Waals surface area contributed by atoms with Crippen LogP contribution in [0.2, 0.25) is 0 Å². The van der Waals surface area contributed by atoms with Crippen LogP contribution in [-0.4, -0.2) is 27.0 Å². The fraction of sp³-hybridized carbons (Fsp3) is 0.286. The number of anilines is 1. The molecule has 0 bridgehead atoms. The first-order valence-electron chi connectivity index (χ1n) is 6.51. The van der Waals surface area contributed by atoms with Gasteiger partial charge in [-0.1, -0.05) is 12.1 Å². The van der Waals surface area contributed by atoms with E-state index in [1.807, 2.05) is 0 Å². The highest BCUT2D eigenvalue weighted by Gasteiger charge is 2.25. The minimum atomic E-state index is -0.275. The van der Waals surface area contributed by atoms with Gasteiger partial charge in [-0.05, 0) is 17.7 Å². The first kappa shape index (κ1) is 12.8. The number of aliphatic hydroxyl groups is 1. The third-order valence-electron chi connectivity index (χ3n) is 3.45. The smallest absolute Gasteiger partial charge is 0.241 e. The number of hydrogen-bond donors (Lipinski definition) is 4. The predicted molar refractivity (Wildman–Crippen MR) is 73.9 cm³/mol. The van der Waals surface area contributed by atoms with E-state index in [0.29, 0.717) is 13.0 Å². The van der Waals surface area contributed by atoms with Crippen LogP contribution in [0.4, 0.5) is 5.69 Å². The Morgan fingerprint density at radius 2 is 2.20 bits per heavy atom. The number of benzene rings is 1. The minimum Gasteiger partial charge on any atom is -0.392 e. The minimum absolute atomic E-state index is 0.000340. The van der Waals surface area contributed by atoms with Gasteiger partial charge in [0, 0.05) is 18.7 Å². The van der Waals surface area contributed by atoms with Gasteiger partial charge in [-0.2, -0.15) is 0 Å². The molecule has 0 aliphatic carbocycles. The molecule has 20 heavy (non-hydrogen) atoms. The molecule has 0 saturated carbocycles. The maximum absolute atomic E-state index is 12.2. The Hall–Kier alpha value is -2.18. The highest BCUT2D eigenvalue weighted by Crippen LogP contribution is 2.15. The second-order valence-corrected chi connectivity index (χ2v) is 4.81. The van der Waals surface area contributed by atoms with Crippen LogP contribution in [-0.2, 0) is 24.4 Å². The summed E-state index contributed by atoms with van der Waals surface area (Å²) in [7, 11) is 0. The van der Waals surface area contributed by atoms with Gasteiger partial charge in [-0.15, -0.1) is 0 Å². The molecule has 0 spiro atoms. The van der Waals surface area contributed by atoms with E-state index in [2.05, 4.69) is 20.6 Å². The Kier molecular flexibility index (Phi) is 3.49. The maximum atomic E-state index is 12.2. The molecule has 2 heterocycles. The highest BCUT2D eigenvalue weighted by atomic mass is 16.3. The number of aliphatic hydroxyl groups excluding tert-OH is 1. The predicted octanol–water partition coefficient (Wildman–Crippen LogP) is 0.555. The summed E-state index contributed by atoms with van der Waals surface area (Å²) in [6.07, 6.45) is 2.24. The number of rotatable bonds is 3. The van der Waals surface area contributed by atoms with Gasteiger partial charge in [-0.25, -0.2) is 4.98 Å². The molecule has 1 atom stereocenters. The fourth-order valence-corrected chi connectivity index (χ4v) is 2.28. The summed E-state index contributed by atoms with van der Waals surface area (Å²) in [4.78, 5) is 19.5. The van der Waals surface area contributed by atoms with Crippen molar-refractivity contribution in [3.63, 3.8) is 0 Å². The lowest BCUT2D eigenvalue weighted by molar-refractivity contribution is -0.118. The van der Waals surface area contributed by atoms with Crippen LogP contribution in [0.5, 0.6) is 0 Å². The third-order valence-corrected chi connectivity index (χ3v) is 3.45. The number of aromatic nitrogens is 2. The Balaban J connectivity index is 1.65. The molecule has 2 aromatic rings. The van der Waals surface area contributed by atoms with Gasteiger partial charge in [0.15, 0.2) is 0 Å². The molecule has 0 radical (unpaired) electrons. The number of imidazole rings is 1. The van der Waals surface area contributed by atoms with Crippen LogP contribution in [0, 0.1) is 0 Å². The van der Waals surface area contributed by atoms with E-state index in [1.54, 1.807) is 30.6 Å². The van der Waals surface area contributed by atoms with Crippen molar-refractivity contribution in [1.82, 2.24) is 15.3 Å². The molecule has 1 aliphatic rings. The van der Waals surface area contributed by atoms with Crippen molar-refractivity contribution < 1.29 is 9.90 Å². The quantitative estimate of drug-likeness (QED) is 0.657. The van der Waals surface area contributed by atoms with Crippen molar-refractivity contribution in [2.75, 3.05) is 5.32 Å². The first-order chi connectivity index (χ1) is 9.76. The molecule has 1 unspecified atom stereocenters. The van der Waals surface area contributed by atoms with Crippen molar-refractivity contribution in [2.45, 2.75) is 25.6 Å². The summed E-state index contributed by atoms with van der Waals surface area (Å²) in [5.41, 5.74) is 3.53. The van der Waals surface area contributed by atoms with Crippen molar-refractivity contribution in [3.05, 3.63) is 47.5 Å². The molecule has 6 heteroatoms. The van der Waals surface area contributed by atoms with Gasteiger partial charge in [-0.3, -0.25) is 10.1 Å². The molecule has 0 fully saturated rings. The van der Waals surface area contributed by atoms with Crippen LogP contribution in [0.3, 0.4) is 0 Å². The second-order valence-electron chi connectivity index (χ2n) is 4.81. The SMILES string of the molecule is O=C(Nc1ccc(CO)cc1)C1Cc2nc[nH]c2CN1. The molecule has 1 aliphatic heterocycles. The lowest BCUT2D eigenvalue weighted by Crippen LogP contribution is -2.44. The number of aromatic amines is 1. The zero-order valence-corrected chi connectivity index (χ0v) is 10.9. The molecule has 104 valence electrons. The van der Waals surface area contributed by atoms with E-state index in [1.165, 1.54) is 0 Å². The summed E-state index contributed by atoms with van der Waals surface area (Å²) in [5.74, 6) is -0.0737. The van der Waals surface area contributed by atoms with Gasteiger partial charge in [0.05, 0.1) is 30.4 Å².